The van der Waals surface area contributed by atoms with E-state index in [0.717, 1.165) is 5.02 Å². The first-order chi connectivity index (χ1) is 8.49. The number of rotatable bonds is 1. The molecule has 0 fully saturated rings. The molecule has 0 radical (unpaired) electrons. The molecule has 0 unspecified atom stereocenters. The fraction of sp³-hybridized carbons (Fsp3) is 0.0714. The molecule has 2 aromatic rings. The normalized spacial score (nSPS) is 9.28. The van der Waals surface area contributed by atoms with Crippen LogP contribution in [0.1, 0.15) is 15.9 Å². The number of benzene rings is 2. The molecular weight excluding hydrogens is 271 g/mol. The Balaban J connectivity index is 0.000000184. The van der Waals surface area contributed by atoms with Gasteiger partial charge in [0.25, 0.3) is 0 Å². The summed E-state index contributed by atoms with van der Waals surface area (Å²) in [5, 5.41) is 9.78. The van der Waals surface area contributed by atoms with Gasteiger partial charge >= 0.3 is 5.97 Å². The lowest BCUT2D eigenvalue weighted by atomic mass is 10.2. The number of aromatic carboxylic acids is 1. The van der Waals surface area contributed by atoms with Crippen molar-refractivity contribution in [3.8, 4) is 0 Å². The Morgan fingerprint density at radius 3 is 1.61 bits per heavy atom. The van der Waals surface area contributed by atoms with Gasteiger partial charge in [-0.1, -0.05) is 40.9 Å². The Morgan fingerprint density at radius 2 is 1.28 bits per heavy atom. The Labute approximate surface area is 116 Å². The molecule has 2 aromatic carbocycles. The second-order valence-electron chi connectivity index (χ2n) is 3.61. The van der Waals surface area contributed by atoms with E-state index in [0.29, 0.717) is 5.02 Å². The van der Waals surface area contributed by atoms with Crippen LogP contribution in [0.15, 0.2) is 48.5 Å². The lowest BCUT2D eigenvalue weighted by Gasteiger charge is -1.91. The molecule has 4 heteroatoms. The Bertz CT molecular complexity index is 483. The van der Waals surface area contributed by atoms with E-state index >= 15 is 0 Å². The van der Waals surface area contributed by atoms with Crippen molar-refractivity contribution in [2.45, 2.75) is 6.92 Å². The van der Waals surface area contributed by atoms with Crippen LogP contribution < -0.4 is 0 Å². The molecule has 0 aliphatic heterocycles. The van der Waals surface area contributed by atoms with Gasteiger partial charge in [0.15, 0.2) is 0 Å². The molecule has 2 rings (SSSR count). The summed E-state index contributed by atoms with van der Waals surface area (Å²) in [6.45, 7) is 2.04. The first-order valence-electron chi connectivity index (χ1n) is 5.20. The summed E-state index contributed by atoms with van der Waals surface area (Å²) in [7, 11) is 0. The minimum absolute atomic E-state index is 0.254. The summed E-state index contributed by atoms with van der Waals surface area (Å²) in [5.41, 5.74) is 1.50. The zero-order valence-electron chi connectivity index (χ0n) is 9.73. The van der Waals surface area contributed by atoms with Gasteiger partial charge in [0.2, 0.25) is 0 Å². The predicted octanol–water partition coefficient (Wildman–Crippen LogP) is 4.69. The number of hydrogen-bond acceptors (Lipinski definition) is 1. The van der Waals surface area contributed by atoms with E-state index < -0.39 is 5.97 Å². The average molecular weight is 283 g/mol. The molecule has 94 valence electrons. The van der Waals surface area contributed by atoms with E-state index in [9.17, 15) is 4.79 Å². The molecule has 0 saturated heterocycles. The number of carboxylic acids is 1. The van der Waals surface area contributed by atoms with Crippen molar-refractivity contribution < 1.29 is 9.90 Å². The summed E-state index contributed by atoms with van der Waals surface area (Å²) in [6.07, 6.45) is 0. The average Bonchev–Trinajstić information content (AvgIpc) is 2.34. The van der Waals surface area contributed by atoms with Gasteiger partial charge in [-0.15, -0.1) is 0 Å². The van der Waals surface area contributed by atoms with Gasteiger partial charge in [-0.25, -0.2) is 4.79 Å². The number of halogens is 2. The molecule has 18 heavy (non-hydrogen) atoms. The molecule has 0 aliphatic rings. The lowest BCUT2D eigenvalue weighted by Crippen LogP contribution is -1.94. The molecule has 0 amide bonds. The predicted molar refractivity (Wildman–Crippen MR) is 74.6 cm³/mol. The van der Waals surface area contributed by atoms with Gasteiger partial charge < -0.3 is 5.11 Å². The highest BCUT2D eigenvalue weighted by atomic mass is 35.5. The first kappa shape index (κ1) is 14.6. The largest absolute Gasteiger partial charge is 0.478 e. The Kier molecular flexibility index (Phi) is 5.69. The Morgan fingerprint density at radius 1 is 0.889 bits per heavy atom. The summed E-state index contributed by atoms with van der Waals surface area (Å²) in [4.78, 5) is 10.3. The van der Waals surface area contributed by atoms with Gasteiger partial charge in [0.1, 0.15) is 0 Å². The van der Waals surface area contributed by atoms with Gasteiger partial charge in [-0.3, -0.25) is 0 Å². The minimum atomic E-state index is -0.934. The molecule has 0 aliphatic carbocycles. The lowest BCUT2D eigenvalue weighted by molar-refractivity contribution is 0.0697. The third-order valence-corrected chi connectivity index (χ3v) is 2.61. The number of hydrogen-bond donors (Lipinski definition) is 1. The van der Waals surface area contributed by atoms with Crippen molar-refractivity contribution in [2.24, 2.45) is 0 Å². The number of carbonyl (C=O) groups is 1. The van der Waals surface area contributed by atoms with E-state index in [-0.39, 0.29) is 5.56 Å². The van der Waals surface area contributed by atoms with Crippen LogP contribution in [0, 0.1) is 6.92 Å². The standard InChI is InChI=1S/C7H5ClO2.C7H7Cl/c8-6-3-1-5(2-4-6)7(9)10;1-6-2-4-7(8)5-3-6/h1-4H,(H,9,10);2-5H,1H3. The number of aryl methyl sites for hydroxylation is 1. The topological polar surface area (TPSA) is 37.3 Å². The fourth-order valence-electron chi connectivity index (χ4n) is 1.13. The maximum Gasteiger partial charge on any atom is 0.335 e. The smallest absolute Gasteiger partial charge is 0.335 e. The third-order valence-electron chi connectivity index (χ3n) is 2.10. The molecule has 0 atom stereocenters. The fourth-order valence-corrected chi connectivity index (χ4v) is 1.38. The van der Waals surface area contributed by atoms with Crippen LogP contribution in [0.3, 0.4) is 0 Å². The van der Waals surface area contributed by atoms with Crippen molar-refractivity contribution in [1.29, 1.82) is 0 Å². The van der Waals surface area contributed by atoms with Crippen LogP contribution in [-0.2, 0) is 0 Å². The van der Waals surface area contributed by atoms with Gasteiger partial charge in [-0.2, -0.15) is 0 Å². The quantitative estimate of drug-likeness (QED) is 0.824. The van der Waals surface area contributed by atoms with Crippen molar-refractivity contribution in [2.75, 3.05) is 0 Å². The molecule has 0 bridgehead atoms. The van der Waals surface area contributed by atoms with Gasteiger partial charge in [-0.05, 0) is 43.3 Å². The molecule has 0 spiro atoms. The van der Waals surface area contributed by atoms with Crippen LogP contribution in [0.5, 0.6) is 0 Å². The molecule has 0 saturated carbocycles. The summed E-state index contributed by atoms with van der Waals surface area (Å²) in [6, 6.07) is 13.8. The molecule has 1 N–H and O–H groups in total. The minimum Gasteiger partial charge on any atom is -0.478 e. The van der Waals surface area contributed by atoms with Gasteiger partial charge in [0.05, 0.1) is 5.56 Å². The summed E-state index contributed by atoms with van der Waals surface area (Å²) >= 11 is 11.1. The maximum atomic E-state index is 10.3. The van der Waals surface area contributed by atoms with Crippen LogP contribution in [-0.4, -0.2) is 11.1 Å². The van der Waals surface area contributed by atoms with Crippen molar-refractivity contribution >= 4 is 29.2 Å². The second kappa shape index (κ2) is 7.04. The van der Waals surface area contributed by atoms with Crippen LogP contribution in [0.2, 0.25) is 10.0 Å². The first-order valence-corrected chi connectivity index (χ1v) is 5.95. The number of carboxylic acid groups (broad SMARTS) is 1. The highest BCUT2D eigenvalue weighted by molar-refractivity contribution is 6.30. The van der Waals surface area contributed by atoms with E-state index in [4.69, 9.17) is 28.3 Å². The molecular formula is C14H12Cl2O2. The van der Waals surface area contributed by atoms with Crippen molar-refractivity contribution in [3.63, 3.8) is 0 Å². The third kappa shape index (κ3) is 5.21. The van der Waals surface area contributed by atoms with Crippen LogP contribution in [0.4, 0.5) is 0 Å². The molecule has 0 aromatic heterocycles. The maximum absolute atomic E-state index is 10.3. The monoisotopic (exact) mass is 282 g/mol. The highest BCUT2D eigenvalue weighted by Crippen LogP contribution is 2.09. The van der Waals surface area contributed by atoms with E-state index in [1.54, 1.807) is 12.1 Å². The second-order valence-corrected chi connectivity index (χ2v) is 4.48. The molecule has 0 heterocycles. The van der Waals surface area contributed by atoms with Crippen molar-refractivity contribution in [1.82, 2.24) is 0 Å². The van der Waals surface area contributed by atoms with Crippen LogP contribution >= 0.6 is 23.2 Å². The SMILES string of the molecule is Cc1ccc(Cl)cc1.O=C(O)c1ccc(Cl)cc1. The van der Waals surface area contributed by atoms with E-state index in [1.807, 2.05) is 31.2 Å². The summed E-state index contributed by atoms with van der Waals surface area (Å²) < 4.78 is 0. The van der Waals surface area contributed by atoms with Gasteiger partial charge in [0, 0.05) is 10.0 Å². The van der Waals surface area contributed by atoms with Crippen molar-refractivity contribution in [3.05, 3.63) is 69.7 Å². The molecule has 2 nitrogen and oxygen atoms in total. The zero-order chi connectivity index (χ0) is 13.5. The van der Waals surface area contributed by atoms with Crippen LogP contribution in [0.25, 0.3) is 0 Å². The zero-order valence-corrected chi connectivity index (χ0v) is 11.2. The van der Waals surface area contributed by atoms with E-state index in [2.05, 4.69) is 0 Å². The summed E-state index contributed by atoms with van der Waals surface area (Å²) in [5.74, 6) is -0.934. The highest BCUT2D eigenvalue weighted by Gasteiger charge is 1.99. The van der Waals surface area contributed by atoms with E-state index in [1.165, 1.54) is 17.7 Å². The Hall–Kier alpha value is -1.51.